The number of anilines is 1. The molecule has 0 bridgehead atoms. The molecule has 0 aliphatic rings. The quantitative estimate of drug-likeness (QED) is 0.218. The van der Waals surface area contributed by atoms with Gasteiger partial charge in [0.1, 0.15) is 0 Å². The third kappa shape index (κ3) is 16.0. The highest BCUT2D eigenvalue weighted by molar-refractivity contribution is 7.81. The highest BCUT2D eigenvalue weighted by Crippen LogP contribution is 2.15. The molecule has 2 N–H and O–H groups in total. The molecule has 1 aromatic rings. The molecule has 31 heavy (non-hydrogen) atoms. The maximum atomic E-state index is 10.5. The topological polar surface area (TPSA) is 158 Å². The van der Waals surface area contributed by atoms with Crippen LogP contribution in [0.5, 0.6) is 0 Å². The number of nitrogens with zero attached hydrogens (tertiary/aromatic N) is 1. The van der Waals surface area contributed by atoms with Crippen molar-refractivity contribution in [1.82, 2.24) is 0 Å². The average molecular weight is 488 g/mol. The van der Waals surface area contributed by atoms with Crippen LogP contribution in [0.3, 0.4) is 0 Å². The summed E-state index contributed by atoms with van der Waals surface area (Å²) in [7, 11) is -8.93. The van der Waals surface area contributed by atoms with Gasteiger partial charge in [-0.3, -0.25) is 9.11 Å². The summed E-state index contributed by atoms with van der Waals surface area (Å²) >= 11 is 0. The average Bonchev–Trinajstić information content (AvgIpc) is 2.66. The van der Waals surface area contributed by atoms with Crippen LogP contribution in [-0.4, -0.2) is 91.9 Å². The summed E-state index contributed by atoms with van der Waals surface area (Å²) in [6.45, 7) is 3.72. The molecule has 0 heterocycles. The van der Waals surface area contributed by atoms with E-state index in [1.165, 1.54) is 0 Å². The summed E-state index contributed by atoms with van der Waals surface area (Å²) in [4.78, 5) is 2.04. The van der Waals surface area contributed by atoms with Gasteiger partial charge in [0.25, 0.3) is 0 Å². The molecule has 0 spiro atoms. The second-order valence-corrected chi connectivity index (χ2v) is 8.34. The van der Waals surface area contributed by atoms with Crippen molar-refractivity contribution in [2.24, 2.45) is 0 Å². The molecule has 0 aliphatic carbocycles. The predicted octanol–water partition coefficient (Wildman–Crippen LogP) is 0.490. The molecule has 180 valence electrons. The first-order chi connectivity index (χ1) is 14.6. The minimum Gasteiger partial charge on any atom is -0.377 e. The lowest BCUT2D eigenvalue weighted by Crippen LogP contribution is -2.31. The second-order valence-electron chi connectivity index (χ2n) is 6.16. The molecule has 0 aromatic heterocycles. The molecule has 0 amide bonds. The molecule has 0 unspecified atom stereocenters. The maximum absolute atomic E-state index is 10.5. The maximum Gasteiger partial charge on any atom is 0.397 e. The van der Waals surface area contributed by atoms with E-state index < -0.39 is 20.8 Å². The Balaban J connectivity index is 2.29. The van der Waals surface area contributed by atoms with E-state index in [4.69, 9.17) is 23.3 Å². The largest absolute Gasteiger partial charge is 0.397 e. The summed E-state index contributed by atoms with van der Waals surface area (Å²) in [6.07, 6.45) is 0. The number of aryl methyl sites for hydroxylation is 1. The van der Waals surface area contributed by atoms with Gasteiger partial charge in [0, 0.05) is 18.8 Å². The third-order valence-corrected chi connectivity index (χ3v) is 4.60. The van der Waals surface area contributed by atoms with Gasteiger partial charge in [-0.05, 0) is 24.6 Å². The summed E-state index contributed by atoms with van der Waals surface area (Å²) in [5.41, 5.74) is 2.06. The lowest BCUT2D eigenvalue weighted by atomic mass is 10.2. The summed E-state index contributed by atoms with van der Waals surface area (Å²) < 4.78 is 82.9. The number of rotatable bonds is 18. The zero-order valence-corrected chi connectivity index (χ0v) is 18.8. The number of ether oxygens (including phenoxy) is 3. The fraction of sp³-hybridized carbons (Fsp3) is 0.647. The Morgan fingerprint density at radius 1 is 0.742 bits per heavy atom. The number of benzene rings is 1. The Morgan fingerprint density at radius 3 is 1.65 bits per heavy atom. The Morgan fingerprint density at radius 2 is 1.19 bits per heavy atom. The number of hydrogen-bond acceptors (Lipinski definition) is 10. The standard InChI is InChI=1S/C17H29NO11S2/c1-16-3-2-4-17(15-16)18(6-8-26-11-13-28-30(19,20)21)5-7-25-9-10-27-12-14-29-31(22,23)24/h2-4,15H,5-14H2,1H3,(H,19,20,21)(H,22,23,24). The molecule has 1 aromatic carbocycles. The Hall–Kier alpha value is -1.36. The summed E-state index contributed by atoms with van der Waals surface area (Å²) in [6, 6.07) is 7.87. The van der Waals surface area contributed by atoms with Gasteiger partial charge >= 0.3 is 20.8 Å². The van der Waals surface area contributed by atoms with Crippen LogP contribution < -0.4 is 4.90 Å². The van der Waals surface area contributed by atoms with Crippen LogP contribution >= 0.6 is 0 Å². The zero-order valence-electron chi connectivity index (χ0n) is 17.2. The fourth-order valence-corrected chi connectivity index (χ4v) is 2.92. The van der Waals surface area contributed by atoms with E-state index in [9.17, 15) is 16.8 Å². The van der Waals surface area contributed by atoms with Crippen LogP contribution in [0.4, 0.5) is 5.69 Å². The highest BCUT2D eigenvalue weighted by Gasteiger charge is 2.08. The first-order valence-electron chi connectivity index (χ1n) is 9.35. The molecule has 0 aliphatic heterocycles. The normalized spacial score (nSPS) is 12.2. The molecule has 12 nitrogen and oxygen atoms in total. The minimum atomic E-state index is -4.47. The summed E-state index contributed by atoms with van der Waals surface area (Å²) in [5.74, 6) is 0. The first-order valence-corrected chi connectivity index (χ1v) is 12.1. The molecule has 0 saturated heterocycles. The van der Waals surface area contributed by atoms with Crippen LogP contribution in [0, 0.1) is 6.92 Å². The van der Waals surface area contributed by atoms with Gasteiger partial charge in [0.05, 0.1) is 52.9 Å². The van der Waals surface area contributed by atoms with Crippen LogP contribution in [0.2, 0.25) is 0 Å². The van der Waals surface area contributed by atoms with Gasteiger partial charge in [-0.25, -0.2) is 8.37 Å². The number of hydrogen-bond donors (Lipinski definition) is 2. The molecular formula is C17H29NO11S2. The third-order valence-electron chi connectivity index (χ3n) is 3.67. The van der Waals surface area contributed by atoms with E-state index in [1.807, 2.05) is 36.1 Å². The fourth-order valence-electron chi connectivity index (χ4n) is 2.36. The summed E-state index contributed by atoms with van der Waals surface area (Å²) in [5, 5.41) is 0. The van der Waals surface area contributed by atoms with Gasteiger partial charge < -0.3 is 19.1 Å². The van der Waals surface area contributed by atoms with Gasteiger partial charge in [-0.1, -0.05) is 12.1 Å². The van der Waals surface area contributed by atoms with Crippen LogP contribution in [0.25, 0.3) is 0 Å². The van der Waals surface area contributed by atoms with Crippen molar-refractivity contribution in [3.63, 3.8) is 0 Å². The van der Waals surface area contributed by atoms with Gasteiger partial charge in [0.15, 0.2) is 0 Å². The van der Waals surface area contributed by atoms with Crippen molar-refractivity contribution in [3.05, 3.63) is 29.8 Å². The van der Waals surface area contributed by atoms with Crippen molar-refractivity contribution in [3.8, 4) is 0 Å². The van der Waals surface area contributed by atoms with Gasteiger partial charge in [-0.15, -0.1) is 0 Å². The first kappa shape index (κ1) is 27.7. The van der Waals surface area contributed by atoms with E-state index in [-0.39, 0.29) is 39.6 Å². The van der Waals surface area contributed by atoms with Gasteiger partial charge in [-0.2, -0.15) is 16.8 Å². The van der Waals surface area contributed by atoms with Crippen molar-refractivity contribution in [2.75, 3.05) is 70.8 Å². The Labute approximate surface area is 182 Å². The van der Waals surface area contributed by atoms with E-state index in [0.29, 0.717) is 26.3 Å². The second kappa shape index (κ2) is 14.7. The van der Waals surface area contributed by atoms with Crippen LogP contribution in [0.15, 0.2) is 24.3 Å². The smallest absolute Gasteiger partial charge is 0.377 e. The SMILES string of the molecule is Cc1cccc(N(CCOCCOCCOS(=O)(=O)O)CCOCCOS(=O)(=O)O)c1. The zero-order chi connectivity index (χ0) is 23.2. The molecule has 0 radical (unpaired) electrons. The Kier molecular flexibility index (Phi) is 13.1. The lowest BCUT2D eigenvalue weighted by molar-refractivity contribution is 0.0374. The monoisotopic (exact) mass is 487 g/mol. The van der Waals surface area contributed by atoms with E-state index >= 15 is 0 Å². The van der Waals surface area contributed by atoms with Crippen molar-refractivity contribution in [2.45, 2.75) is 6.92 Å². The molecule has 1 rings (SSSR count). The molecule has 14 heteroatoms. The van der Waals surface area contributed by atoms with Crippen LogP contribution in [0.1, 0.15) is 5.56 Å². The van der Waals surface area contributed by atoms with Crippen molar-refractivity contribution < 1.29 is 48.5 Å². The lowest BCUT2D eigenvalue weighted by Gasteiger charge is -2.25. The minimum absolute atomic E-state index is 0.00278. The van der Waals surface area contributed by atoms with E-state index in [0.717, 1.165) is 11.3 Å². The Bertz CT molecular complexity index is 830. The molecule has 0 atom stereocenters. The molecular weight excluding hydrogens is 458 g/mol. The van der Waals surface area contributed by atoms with Crippen molar-refractivity contribution in [1.29, 1.82) is 0 Å². The highest BCUT2D eigenvalue weighted by atomic mass is 32.3. The van der Waals surface area contributed by atoms with Gasteiger partial charge in [0.2, 0.25) is 0 Å². The van der Waals surface area contributed by atoms with E-state index in [2.05, 4.69) is 8.37 Å². The molecule has 0 fully saturated rings. The predicted molar refractivity (Wildman–Crippen MR) is 111 cm³/mol. The molecule has 0 saturated carbocycles. The van der Waals surface area contributed by atoms with Crippen LogP contribution in [-0.2, 0) is 43.4 Å². The van der Waals surface area contributed by atoms with E-state index in [1.54, 1.807) is 0 Å². The van der Waals surface area contributed by atoms with Crippen molar-refractivity contribution >= 4 is 26.5 Å².